The Hall–Kier alpha value is -2.94. The van der Waals surface area contributed by atoms with Crippen molar-refractivity contribution in [1.29, 1.82) is 0 Å². The molecule has 0 atom stereocenters. The molecule has 0 saturated carbocycles. The maximum Gasteiger partial charge on any atom is 0.251 e. The summed E-state index contributed by atoms with van der Waals surface area (Å²) < 4.78 is 12.8. The van der Waals surface area contributed by atoms with Gasteiger partial charge in [0.2, 0.25) is 0 Å². The van der Waals surface area contributed by atoms with Gasteiger partial charge in [0.1, 0.15) is 5.82 Å². The number of carbonyl (C=O) groups excluding carboxylic acids is 1. The second-order valence-corrected chi connectivity index (χ2v) is 5.93. The fraction of sp³-hybridized carbons (Fsp3) is 0.136. The lowest BCUT2D eigenvalue weighted by Crippen LogP contribution is -2.24. The van der Waals surface area contributed by atoms with Crippen LogP contribution >= 0.6 is 0 Å². The first-order chi connectivity index (χ1) is 12.2. The van der Waals surface area contributed by atoms with Crippen LogP contribution in [-0.2, 0) is 6.42 Å². The van der Waals surface area contributed by atoms with Gasteiger partial charge in [-0.25, -0.2) is 4.39 Å². The molecule has 0 spiro atoms. The summed E-state index contributed by atoms with van der Waals surface area (Å²) in [7, 11) is 0. The summed E-state index contributed by atoms with van der Waals surface area (Å²) >= 11 is 0. The van der Waals surface area contributed by atoms with Crippen molar-refractivity contribution in [2.24, 2.45) is 0 Å². The molecule has 0 bridgehead atoms. The van der Waals surface area contributed by atoms with E-state index in [0.29, 0.717) is 12.1 Å². The number of carbonyl (C=O) groups is 1. The van der Waals surface area contributed by atoms with Crippen LogP contribution < -0.4 is 5.32 Å². The van der Waals surface area contributed by atoms with Gasteiger partial charge in [-0.2, -0.15) is 0 Å². The Morgan fingerprint density at radius 3 is 2.12 bits per heavy atom. The lowest BCUT2D eigenvalue weighted by Gasteiger charge is -2.07. The van der Waals surface area contributed by atoms with Crippen LogP contribution in [0.1, 0.15) is 22.3 Å². The molecule has 0 heterocycles. The van der Waals surface area contributed by atoms with E-state index in [1.54, 1.807) is 12.1 Å². The zero-order valence-electron chi connectivity index (χ0n) is 13.9. The van der Waals surface area contributed by atoms with Crippen molar-refractivity contribution in [1.82, 2.24) is 5.32 Å². The highest BCUT2D eigenvalue weighted by Gasteiger charge is 2.05. The van der Waals surface area contributed by atoms with Crippen molar-refractivity contribution >= 4 is 5.91 Å². The number of nitrogens with one attached hydrogen (secondary N) is 1. The lowest BCUT2D eigenvalue weighted by atomic mass is 10.0. The molecule has 1 amide bonds. The molecule has 3 heteroatoms. The van der Waals surface area contributed by atoms with Gasteiger partial charge in [-0.05, 0) is 53.8 Å². The topological polar surface area (TPSA) is 29.1 Å². The number of amides is 1. The van der Waals surface area contributed by atoms with Crippen molar-refractivity contribution in [2.75, 3.05) is 6.54 Å². The third-order valence-corrected chi connectivity index (χ3v) is 4.10. The molecule has 0 aliphatic carbocycles. The third kappa shape index (κ3) is 4.77. The van der Waals surface area contributed by atoms with Crippen molar-refractivity contribution in [3.8, 4) is 11.1 Å². The molecule has 2 nitrogen and oxygen atoms in total. The van der Waals surface area contributed by atoms with Gasteiger partial charge in [-0.3, -0.25) is 4.79 Å². The largest absolute Gasteiger partial charge is 0.352 e. The normalized spacial score (nSPS) is 10.4. The van der Waals surface area contributed by atoms with Crippen molar-refractivity contribution in [2.45, 2.75) is 12.8 Å². The Morgan fingerprint density at radius 2 is 1.44 bits per heavy atom. The summed E-state index contributed by atoms with van der Waals surface area (Å²) in [6.07, 6.45) is 1.63. The minimum atomic E-state index is -0.226. The van der Waals surface area contributed by atoms with E-state index >= 15 is 0 Å². The minimum absolute atomic E-state index is 0.0706. The SMILES string of the molecule is O=C(NCCCc1ccc(F)cc1)c1ccc(-c2ccccc2)cc1. The van der Waals surface area contributed by atoms with Gasteiger partial charge in [-0.1, -0.05) is 54.6 Å². The van der Waals surface area contributed by atoms with E-state index in [9.17, 15) is 9.18 Å². The van der Waals surface area contributed by atoms with Crippen molar-refractivity contribution < 1.29 is 9.18 Å². The molecule has 3 aromatic carbocycles. The van der Waals surface area contributed by atoms with Gasteiger partial charge in [0.25, 0.3) is 5.91 Å². The monoisotopic (exact) mass is 333 g/mol. The van der Waals surface area contributed by atoms with E-state index in [-0.39, 0.29) is 11.7 Å². The first-order valence-electron chi connectivity index (χ1n) is 8.40. The van der Waals surface area contributed by atoms with E-state index in [4.69, 9.17) is 0 Å². The van der Waals surface area contributed by atoms with Gasteiger partial charge < -0.3 is 5.32 Å². The molecule has 0 unspecified atom stereocenters. The van der Waals surface area contributed by atoms with Crippen LogP contribution in [0.4, 0.5) is 4.39 Å². The van der Waals surface area contributed by atoms with Crippen LogP contribution in [0.2, 0.25) is 0 Å². The minimum Gasteiger partial charge on any atom is -0.352 e. The quantitative estimate of drug-likeness (QED) is 0.642. The van der Waals surface area contributed by atoms with Crippen LogP contribution in [0.15, 0.2) is 78.9 Å². The Labute approximate surface area is 147 Å². The van der Waals surface area contributed by atoms with Gasteiger partial charge in [0.15, 0.2) is 0 Å². The number of hydrogen-bond acceptors (Lipinski definition) is 1. The molecule has 0 fully saturated rings. The molecule has 3 aromatic rings. The number of aryl methyl sites for hydroxylation is 1. The highest BCUT2D eigenvalue weighted by molar-refractivity contribution is 5.94. The first-order valence-corrected chi connectivity index (χ1v) is 8.40. The summed E-state index contributed by atoms with van der Waals surface area (Å²) in [6, 6.07) is 24.2. The summed E-state index contributed by atoms with van der Waals surface area (Å²) in [4.78, 5) is 12.2. The number of hydrogen-bond donors (Lipinski definition) is 1. The van der Waals surface area contributed by atoms with E-state index in [1.807, 2.05) is 54.6 Å². The second kappa shape index (κ2) is 8.25. The van der Waals surface area contributed by atoms with E-state index in [2.05, 4.69) is 5.32 Å². The highest BCUT2D eigenvalue weighted by Crippen LogP contribution is 2.19. The molecule has 0 aliphatic rings. The zero-order chi connectivity index (χ0) is 17.5. The third-order valence-electron chi connectivity index (χ3n) is 4.10. The molecule has 25 heavy (non-hydrogen) atoms. The fourth-order valence-electron chi connectivity index (χ4n) is 2.69. The number of halogens is 1. The van der Waals surface area contributed by atoms with Crippen LogP contribution in [0.3, 0.4) is 0 Å². The predicted molar refractivity (Wildman–Crippen MR) is 98.9 cm³/mol. The highest BCUT2D eigenvalue weighted by atomic mass is 19.1. The number of rotatable bonds is 6. The van der Waals surface area contributed by atoms with Gasteiger partial charge >= 0.3 is 0 Å². The fourth-order valence-corrected chi connectivity index (χ4v) is 2.69. The molecule has 126 valence electrons. The summed E-state index contributed by atoms with van der Waals surface area (Å²) in [5.41, 5.74) is 3.95. The molecule has 0 aliphatic heterocycles. The Balaban J connectivity index is 1.49. The standard InChI is InChI=1S/C22H20FNO/c23-21-14-8-17(9-15-21)5-4-16-24-22(25)20-12-10-19(11-13-20)18-6-2-1-3-7-18/h1-3,6-15H,4-5,16H2,(H,24,25). The maximum atomic E-state index is 12.8. The van der Waals surface area contributed by atoms with Gasteiger partial charge in [0.05, 0.1) is 0 Å². The van der Waals surface area contributed by atoms with Gasteiger partial charge in [0, 0.05) is 12.1 Å². The Bertz CT molecular complexity index is 811. The number of benzene rings is 3. The van der Waals surface area contributed by atoms with Crippen LogP contribution in [0.25, 0.3) is 11.1 Å². The van der Waals surface area contributed by atoms with Crippen LogP contribution in [-0.4, -0.2) is 12.5 Å². The van der Waals surface area contributed by atoms with Crippen molar-refractivity contribution in [3.05, 3.63) is 95.8 Å². The molecular formula is C22H20FNO. The maximum absolute atomic E-state index is 12.8. The molecular weight excluding hydrogens is 313 g/mol. The van der Waals surface area contributed by atoms with Gasteiger partial charge in [-0.15, -0.1) is 0 Å². The molecule has 3 rings (SSSR count). The Kier molecular flexibility index (Phi) is 5.57. The van der Waals surface area contributed by atoms with Crippen molar-refractivity contribution in [3.63, 3.8) is 0 Å². The van der Waals surface area contributed by atoms with Crippen LogP contribution in [0, 0.1) is 5.82 Å². The second-order valence-electron chi connectivity index (χ2n) is 5.93. The molecule has 0 radical (unpaired) electrons. The lowest BCUT2D eigenvalue weighted by molar-refractivity contribution is 0.0953. The molecule has 0 aromatic heterocycles. The van der Waals surface area contributed by atoms with E-state index < -0.39 is 0 Å². The summed E-state index contributed by atoms with van der Waals surface area (Å²) in [6.45, 7) is 0.594. The average Bonchev–Trinajstić information content (AvgIpc) is 2.67. The van der Waals surface area contributed by atoms with E-state index in [0.717, 1.165) is 29.5 Å². The van der Waals surface area contributed by atoms with Crippen LogP contribution in [0.5, 0.6) is 0 Å². The molecule has 1 N–H and O–H groups in total. The average molecular weight is 333 g/mol. The first kappa shape index (κ1) is 16.9. The summed E-state index contributed by atoms with van der Waals surface area (Å²) in [5, 5.41) is 2.93. The Morgan fingerprint density at radius 1 is 0.800 bits per heavy atom. The molecule has 0 saturated heterocycles. The zero-order valence-corrected chi connectivity index (χ0v) is 13.9. The predicted octanol–water partition coefficient (Wildman–Crippen LogP) is 4.86. The summed E-state index contributed by atoms with van der Waals surface area (Å²) in [5.74, 6) is -0.297. The van der Waals surface area contributed by atoms with E-state index in [1.165, 1.54) is 12.1 Å². The smallest absolute Gasteiger partial charge is 0.251 e.